The van der Waals surface area contributed by atoms with Crippen LogP contribution in [0.25, 0.3) is 10.9 Å². The van der Waals surface area contributed by atoms with Crippen molar-refractivity contribution in [3.63, 3.8) is 0 Å². The lowest BCUT2D eigenvalue weighted by Crippen LogP contribution is -2.52. The van der Waals surface area contributed by atoms with Crippen molar-refractivity contribution in [2.75, 3.05) is 18.9 Å². The zero-order chi connectivity index (χ0) is 23.0. The lowest BCUT2D eigenvalue weighted by atomic mass is 9.74. The number of nitrogens with one attached hydrogen (secondary N) is 1. The van der Waals surface area contributed by atoms with Crippen molar-refractivity contribution >= 4 is 34.2 Å². The molecule has 0 unspecified atom stereocenters. The largest absolute Gasteiger partial charge is 0.358 e. The number of aromatic nitrogens is 2. The average Bonchev–Trinajstić information content (AvgIpc) is 3.13. The summed E-state index contributed by atoms with van der Waals surface area (Å²) in [6, 6.07) is 6.77. The van der Waals surface area contributed by atoms with Crippen LogP contribution < -0.4 is 5.32 Å². The number of hydrogen-bond acceptors (Lipinski definition) is 5. The highest BCUT2D eigenvalue weighted by molar-refractivity contribution is 6.31. The Bertz CT molecular complexity index is 964. The number of likely N-dealkylation sites (tertiary alicyclic amines) is 1. The highest BCUT2D eigenvalue weighted by Crippen LogP contribution is 2.38. The van der Waals surface area contributed by atoms with E-state index in [0.717, 1.165) is 43.1 Å². The van der Waals surface area contributed by atoms with Gasteiger partial charge in [0.1, 0.15) is 18.2 Å². The Kier molecular flexibility index (Phi) is 6.91. The van der Waals surface area contributed by atoms with Crippen LogP contribution in [0.5, 0.6) is 0 Å². The molecule has 32 heavy (non-hydrogen) atoms. The van der Waals surface area contributed by atoms with E-state index in [1.165, 1.54) is 6.33 Å². The fourth-order valence-corrected chi connectivity index (χ4v) is 5.71. The van der Waals surface area contributed by atoms with Gasteiger partial charge in [0.15, 0.2) is 0 Å². The summed E-state index contributed by atoms with van der Waals surface area (Å²) in [4.78, 5) is 26.9. The Hall–Kier alpha value is -1.92. The number of hydrogen-bond donors (Lipinski definition) is 1. The molecular formula is C25H36ClN5O. The maximum absolute atomic E-state index is 13.5. The van der Waals surface area contributed by atoms with Gasteiger partial charge >= 0.3 is 0 Å². The Balaban J connectivity index is 1.49. The van der Waals surface area contributed by atoms with Gasteiger partial charge in [-0.05, 0) is 76.6 Å². The summed E-state index contributed by atoms with van der Waals surface area (Å²) in [6.45, 7) is 9.95. The summed E-state index contributed by atoms with van der Waals surface area (Å²) in [7, 11) is 2.24. The number of benzene rings is 1. The van der Waals surface area contributed by atoms with Crippen LogP contribution in [0.4, 0.5) is 5.82 Å². The van der Waals surface area contributed by atoms with Crippen LogP contribution in [0.15, 0.2) is 24.5 Å². The van der Waals surface area contributed by atoms with Crippen molar-refractivity contribution in [1.29, 1.82) is 0 Å². The topological polar surface area (TPSA) is 61.4 Å². The molecule has 0 bridgehead atoms. The van der Waals surface area contributed by atoms with Gasteiger partial charge in [-0.25, -0.2) is 9.97 Å². The number of fused-ring (bicyclic) bond motifs is 1. The lowest BCUT2D eigenvalue weighted by Gasteiger charge is -2.46. The molecule has 1 amide bonds. The first-order valence-electron chi connectivity index (χ1n) is 12.0. The number of carbonyl (C=O) groups is 1. The molecule has 0 radical (unpaired) electrons. The molecule has 2 fully saturated rings. The first-order valence-corrected chi connectivity index (χ1v) is 12.3. The summed E-state index contributed by atoms with van der Waals surface area (Å²) >= 11 is 6.20. The SMILES string of the molecule is CC(C)[C@@H]1C[C@H](N(C)C(C)C)CC[C@@H]1N1CC[C@H](Nc2ncnc3ccc(Cl)cc23)C1=O. The first-order chi connectivity index (χ1) is 15.3. The summed E-state index contributed by atoms with van der Waals surface area (Å²) < 4.78 is 0. The van der Waals surface area contributed by atoms with E-state index < -0.39 is 0 Å². The Morgan fingerprint density at radius 1 is 1.16 bits per heavy atom. The molecule has 0 spiro atoms. The number of anilines is 1. The van der Waals surface area contributed by atoms with Gasteiger partial charge in [-0.2, -0.15) is 0 Å². The summed E-state index contributed by atoms with van der Waals surface area (Å²) in [6.07, 6.45) is 5.72. The van der Waals surface area contributed by atoms with E-state index in [1.807, 2.05) is 18.2 Å². The maximum atomic E-state index is 13.5. The number of nitrogens with zero attached hydrogens (tertiary/aromatic N) is 4. The van der Waals surface area contributed by atoms with E-state index in [1.54, 1.807) is 0 Å². The van der Waals surface area contributed by atoms with Crippen molar-refractivity contribution in [3.8, 4) is 0 Å². The Labute approximate surface area is 196 Å². The molecule has 174 valence electrons. The molecule has 1 N–H and O–H groups in total. The molecule has 2 heterocycles. The summed E-state index contributed by atoms with van der Waals surface area (Å²) in [5, 5.41) is 4.89. The number of rotatable bonds is 6. The molecule has 4 rings (SSSR count). The van der Waals surface area contributed by atoms with E-state index >= 15 is 0 Å². The molecule has 2 aromatic rings. The van der Waals surface area contributed by atoms with Gasteiger partial charge in [0.25, 0.3) is 0 Å². The second-order valence-electron chi connectivity index (χ2n) is 10.1. The molecule has 6 nitrogen and oxygen atoms in total. The van der Waals surface area contributed by atoms with E-state index in [0.29, 0.717) is 40.8 Å². The predicted molar refractivity (Wildman–Crippen MR) is 131 cm³/mol. The van der Waals surface area contributed by atoms with Gasteiger partial charge in [-0.1, -0.05) is 25.4 Å². The normalized spacial score (nSPS) is 26.7. The number of carbonyl (C=O) groups excluding carboxylic acids is 1. The minimum Gasteiger partial charge on any atom is -0.358 e. The zero-order valence-corrected chi connectivity index (χ0v) is 20.6. The third-order valence-corrected chi connectivity index (χ3v) is 7.86. The quantitative estimate of drug-likeness (QED) is 0.673. The van der Waals surface area contributed by atoms with Gasteiger partial charge in [0.2, 0.25) is 5.91 Å². The molecule has 1 aromatic heterocycles. The van der Waals surface area contributed by atoms with Crippen molar-refractivity contribution in [2.45, 2.75) is 77.5 Å². The smallest absolute Gasteiger partial charge is 0.245 e. The summed E-state index contributed by atoms with van der Waals surface area (Å²) in [5.74, 6) is 1.96. The Morgan fingerprint density at radius 2 is 1.94 bits per heavy atom. The molecular weight excluding hydrogens is 422 g/mol. The van der Waals surface area contributed by atoms with Crippen LogP contribution in [0, 0.1) is 11.8 Å². The standard InChI is InChI=1S/C25H36ClN5O/c1-15(2)19-13-18(30(5)16(3)4)7-9-23(19)31-11-10-22(25(31)32)29-24-20-12-17(26)6-8-21(20)27-14-28-24/h6,8,12,14-16,18-19,22-23H,7,9-11,13H2,1-5H3,(H,27,28,29)/t18-,19+,22+,23+/m1/s1. The van der Waals surface area contributed by atoms with Gasteiger partial charge in [0.05, 0.1) is 5.52 Å². The fourth-order valence-electron chi connectivity index (χ4n) is 5.54. The van der Waals surface area contributed by atoms with Gasteiger partial charge < -0.3 is 15.1 Å². The van der Waals surface area contributed by atoms with Crippen molar-refractivity contribution in [2.24, 2.45) is 11.8 Å². The first kappa shape index (κ1) is 23.2. The van der Waals surface area contributed by atoms with E-state index in [-0.39, 0.29) is 11.9 Å². The molecule has 1 saturated heterocycles. The highest BCUT2D eigenvalue weighted by Gasteiger charge is 2.43. The predicted octanol–water partition coefficient (Wildman–Crippen LogP) is 4.83. The van der Waals surface area contributed by atoms with Gasteiger partial charge in [-0.15, -0.1) is 0 Å². The monoisotopic (exact) mass is 457 g/mol. The van der Waals surface area contributed by atoms with Crippen molar-refractivity contribution < 1.29 is 4.79 Å². The second-order valence-corrected chi connectivity index (χ2v) is 10.5. The fraction of sp³-hybridized carbons (Fsp3) is 0.640. The van der Waals surface area contributed by atoms with Crippen LogP contribution in [0.2, 0.25) is 5.02 Å². The minimum absolute atomic E-state index is 0.199. The molecule has 1 aliphatic heterocycles. The van der Waals surface area contributed by atoms with Crippen LogP contribution in [0.3, 0.4) is 0 Å². The molecule has 1 saturated carbocycles. The zero-order valence-electron chi connectivity index (χ0n) is 19.9. The minimum atomic E-state index is -0.254. The lowest BCUT2D eigenvalue weighted by molar-refractivity contribution is -0.133. The van der Waals surface area contributed by atoms with Gasteiger partial charge in [0, 0.05) is 35.1 Å². The highest BCUT2D eigenvalue weighted by atomic mass is 35.5. The van der Waals surface area contributed by atoms with Crippen LogP contribution >= 0.6 is 11.6 Å². The third kappa shape index (κ3) is 4.58. The Morgan fingerprint density at radius 3 is 2.66 bits per heavy atom. The van der Waals surface area contributed by atoms with Crippen molar-refractivity contribution in [1.82, 2.24) is 19.8 Å². The van der Waals surface area contributed by atoms with E-state index in [9.17, 15) is 4.79 Å². The number of amides is 1. The molecule has 1 aliphatic carbocycles. The van der Waals surface area contributed by atoms with Crippen LogP contribution in [0.1, 0.15) is 53.4 Å². The van der Waals surface area contributed by atoms with Crippen LogP contribution in [-0.4, -0.2) is 63.4 Å². The van der Waals surface area contributed by atoms with Gasteiger partial charge in [-0.3, -0.25) is 4.79 Å². The molecule has 4 atom stereocenters. The molecule has 1 aromatic carbocycles. The molecule has 2 aliphatic rings. The van der Waals surface area contributed by atoms with E-state index in [4.69, 9.17) is 11.6 Å². The third-order valence-electron chi connectivity index (χ3n) is 7.63. The van der Waals surface area contributed by atoms with Crippen molar-refractivity contribution in [3.05, 3.63) is 29.5 Å². The average molecular weight is 458 g/mol. The maximum Gasteiger partial charge on any atom is 0.245 e. The second kappa shape index (κ2) is 9.52. The summed E-state index contributed by atoms with van der Waals surface area (Å²) in [5.41, 5.74) is 0.821. The van der Waals surface area contributed by atoms with E-state index in [2.05, 4.69) is 59.8 Å². The van der Waals surface area contributed by atoms with Crippen LogP contribution in [-0.2, 0) is 4.79 Å². The number of halogens is 1. The molecule has 7 heteroatoms.